The molecule has 0 saturated heterocycles. The molecule has 1 aliphatic heterocycles. The highest BCUT2D eigenvalue weighted by atomic mass is 35.5. The molecule has 4 rings (SSSR count). The number of rotatable bonds is 5. The van der Waals surface area contributed by atoms with Gasteiger partial charge in [-0.15, -0.1) is 0 Å². The molecule has 1 N–H and O–H groups in total. The first-order chi connectivity index (χ1) is 14.0. The van der Waals surface area contributed by atoms with Gasteiger partial charge in [-0.25, -0.2) is 9.67 Å². The number of fused-ring (bicyclic) bond motifs is 1. The predicted molar refractivity (Wildman–Crippen MR) is 116 cm³/mol. The second-order valence-corrected chi connectivity index (χ2v) is 7.82. The lowest BCUT2D eigenvalue weighted by Gasteiger charge is -2.31. The van der Waals surface area contributed by atoms with Crippen LogP contribution in [0.1, 0.15) is 24.1 Å². The van der Waals surface area contributed by atoms with Crippen LogP contribution in [0, 0.1) is 5.92 Å². The number of aromatic nitrogens is 2. The Morgan fingerprint density at radius 3 is 2.66 bits per heavy atom. The molecular weight excluding hydrogens is 407 g/mol. The minimum absolute atomic E-state index is 0.0839. The van der Waals surface area contributed by atoms with Gasteiger partial charge in [-0.3, -0.25) is 4.79 Å². The maximum absolute atomic E-state index is 13.2. The Morgan fingerprint density at radius 1 is 1.10 bits per heavy atom. The first-order valence-corrected chi connectivity index (χ1v) is 10.2. The normalized spacial score (nSPS) is 18.1. The molecule has 0 spiro atoms. The summed E-state index contributed by atoms with van der Waals surface area (Å²) in [5.74, 6) is 0.140. The van der Waals surface area contributed by atoms with Crippen molar-refractivity contribution in [3.63, 3.8) is 0 Å². The first kappa shape index (κ1) is 19.7. The molecule has 1 amide bonds. The number of hydrogen-bond acceptors (Lipinski definition) is 3. The van der Waals surface area contributed by atoms with Crippen molar-refractivity contribution in [3.8, 4) is 0 Å². The monoisotopic (exact) mass is 426 g/mol. The molecule has 0 aliphatic carbocycles. The van der Waals surface area contributed by atoms with Gasteiger partial charge >= 0.3 is 0 Å². The maximum Gasteiger partial charge on any atom is 0.231 e. The van der Waals surface area contributed by atoms with E-state index in [0.29, 0.717) is 22.4 Å². The number of benzene rings is 2. The molecule has 0 bridgehead atoms. The van der Waals surface area contributed by atoms with Crippen molar-refractivity contribution in [3.05, 3.63) is 82.0 Å². The van der Waals surface area contributed by atoms with Crippen LogP contribution in [0.15, 0.2) is 65.8 Å². The molecule has 0 fully saturated rings. The third-order valence-corrected chi connectivity index (χ3v) is 5.83. The Bertz CT molecular complexity index is 1060. The molecule has 2 unspecified atom stereocenters. The van der Waals surface area contributed by atoms with Gasteiger partial charge in [0.25, 0.3) is 0 Å². The lowest BCUT2D eigenvalue weighted by Crippen LogP contribution is -2.42. The highest BCUT2D eigenvalue weighted by Crippen LogP contribution is 2.38. The van der Waals surface area contributed by atoms with Gasteiger partial charge in [0.15, 0.2) is 5.82 Å². The topological polar surface area (TPSA) is 59.3 Å². The average Bonchev–Trinajstić information content (AvgIpc) is 3.17. The molecule has 1 aromatic heterocycles. The second-order valence-electron chi connectivity index (χ2n) is 7.01. The number of carbonyl (C=O) groups excluding carboxylic acids is 1. The summed E-state index contributed by atoms with van der Waals surface area (Å²) in [5.41, 5.74) is 2.78. The molecule has 3 aromatic rings. The molecule has 2 atom stereocenters. The van der Waals surface area contributed by atoms with Crippen LogP contribution in [0.4, 0.5) is 5.82 Å². The zero-order valence-corrected chi connectivity index (χ0v) is 17.4. The molecule has 0 saturated carbocycles. The van der Waals surface area contributed by atoms with Crippen LogP contribution in [-0.2, 0) is 11.2 Å². The van der Waals surface area contributed by atoms with E-state index in [1.807, 2.05) is 49.4 Å². The number of halogens is 2. The molecule has 29 heavy (non-hydrogen) atoms. The number of aliphatic imine (C=N–C) groups is 1. The Balaban J connectivity index is 1.60. The maximum atomic E-state index is 13.2. The number of nitrogens with zero attached hydrogens (tertiary/aromatic N) is 3. The number of nitrogens with one attached hydrogen (secondary N) is 1. The van der Waals surface area contributed by atoms with E-state index in [-0.39, 0.29) is 11.9 Å². The Kier molecular flexibility index (Phi) is 5.69. The van der Waals surface area contributed by atoms with Crippen molar-refractivity contribution in [2.75, 3.05) is 6.54 Å². The highest BCUT2D eigenvalue weighted by molar-refractivity contribution is 6.42. The fourth-order valence-electron chi connectivity index (χ4n) is 3.68. The smallest absolute Gasteiger partial charge is 0.231 e. The summed E-state index contributed by atoms with van der Waals surface area (Å²) in [4.78, 5) is 17.8. The summed E-state index contributed by atoms with van der Waals surface area (Å²) in [5, 5.41) is 8.39. The summed E-state index contributed by atoms with van der Waals surface area (Å²) in [6.07, 6.45) is 2.45. The summed E-state index contributed by atoms with van der Waals surface area (Å²) in [6.45, 7) is 2.43. The second kappa shape index (κ2) is 8.39. The van der Waals surface area contributed by atoms with Crippen molar-refractivity contribution in [1.29, 1.82) is 0 Å². The van der Waals surface area contributed by atoms with Crippen LogP contribution >= 0.6 is 23.2 Å². The van der Waals surface area contributed by atoms with Crippen molar-refractivity contribution in [2.45, 2.75) is 19.4 Å². The van der Waals surface area contributed by atoms with E-state index < -0.39 is 5.92 Å². The molecular formula is C22H20Cl2N4O. The lowest BCUT2D eigenvalue weighted by molar-refractivity contribution is -0.123. The highest BCUT2D eigenvalue weighted by Gasteiger charge is 2.38. The molecule has 1 aliphatic rings. The van der Waals surface area contributed by atoms with E-state index in [1.165, 1.54) is 5.56 Å². The van der Waals surface area contributed by atoms with E-state index in [0.717, 1.165) is 17.7 Å². The van der Waals surface area contributed by atoms with Crippen molar-refractivity contribution in [2.24, 2.45) is 10.9 Å². The Labute approximate surface area is 179 Å². The van der Waals surface area contributed by atoms with Crippen LogP contribution in [0.5, 0.6) is 0 Å². The summed E-state index contributed by atoms with van der Waals surface area (Å²) in [6, 6.07) is 17.0. The summed E-state index contributed by atoms with van der Waals surface area (Å²) < 4.78 is 1.77. The fourth-order valence-corrected chi connectivity index (χ4v) is 3.98. The van der Waals surface area contributed by atoms with Gasteiger partial charge in [0.2, 0.25) is 5.91 Å². The molecule has 7 heteroatoms. The van der Waals surface area contributed by atoms with Gasteiger partial charge in [0.05, 0.1) is 22.3 Å². The number of hydrogen-bond donors (Lipinski definition) is 1. The lowest BCUT2D eigenvalue weighted by atomic mass is 9.87. The third kappa shape index (κ3) is 4.07. The SMILES string of the molecule is CC1=Nc2ccnn2C(c2ccc(Cl)c(Cl)c2)C1C(=O)NCCc1ccccc1. The summed E-state index contributed by atoms with van der Waals surface area (Å²) in [7, 11) is 0. The van der Waals surface area contributed by atoms with E-state index in [2.05, 4.69) is 15.4 Å². The van der Waals surface area contributed by atoms with Crippen LogP contribution < -0.4 is 5.32 Å². The van der Waals surface area contributed by atoms with Crippen molar-refractivity contribution in [1.82, 2.24) is 15.1 Å². The van der Waals surface area contributed by atoms with Crippen LogP contribution in [0.3, 0.4) is 0 Å². The number of carbonyl (C=O) groups is 1. The fraction of sp³-hybridized carbons (Fsp3) is 0.227. The van der Waals surface area contributed by atoms with Gasteiger partial charge in [0, 0.05) is 18.3 Å². The zero-order chi connectivity index (χ0) is 20.4. The van der Waals surface area contributed by atoms with Crippen LogP contribution in [-0.4, -0.2) is 27.9 Å². The van der Waals surface area contributed by atoms with Gasteiger partial charge in [-0.1, -0.05) is 59.6 Å². The first-order valence-electron chi connectivity index (χ1n) is 9.40. The van der Waals surface area contributed by atoms with Crippen LogP contribution in [0.25, 0.3) is 0 Å². The Hall–Kier alpha value is -2.63. The zero-order valence-electron chi connectivity index (χ0n) is 15.8. The summed E-state index contributed by atoms with van der Waals surface area (Å²) >= 11 is 12.4. The van der Waals surface area contributed by atoms with Crippen molar-refractivity contribution >= 4 is 40.6 Å². The van der Waals surface area contributed by atoms with E-state index in [1.54, 1.807) is 23.0 Å². The minimum atomic E-state index is -0.490. The van der Waals surface area contributed by atoms with Crippen molar-refractivity contribution < 1.29 is 4.79 Å². The van der Waals surface area contributed by atoms with Gasteiger partial charge < -0.3 is 5.32 Å². The molecule has 0 radical (unpaired) electrons. The third-order valence-electron chi connectivity index (χ3n) is 5.09. The van der Waals surface area contributed by atoms with E-state index in [9.17, 15) is 4.79 Å². The minimum Gasteiger partial charge on any atom is -0.355 e. The molecule has 5 nitrogen and oxygen atoms in total. The van der Waals surface area contributed by atoms with E-state index in [4.69, 9.17) is 23.2 Å². The number of amides is 1. The van der Waals surface area contributed by atoms with Gasteiger partial charge in [0.1, 0.15) is 5.92 Å². The molecule has 148 valence electrons. The standard InChI is InChI=1S/C22H20Cl2N4O/c1-14-20(22(29)25-11-9-15-5-3-2-4-6-15)21(28-19(27-14)10-12-26-28)16-7-8-17(23)18(24)13-16/h2-8,10,12-13,20-21H,9,11H2,1H3,(H,25,29). The molecule has 2 heterocycles. The van der Waals surface area contributed by atoms with Gasteiger partial charge in [-0.05, 0) is 36.6 Å². The quantitative estimate of drug-likeness (QED) is 0.632. The average molecular weight is 427 g/mol. The predicted octanol–water partition coefficient (Wildman–Crippen LogP) is 4.86. The van der Waals surface area contributed by atoms with Gasteiger partial charge in [-0.2, -0.15) is 5.10 Å². The van der Waals surface area contributed by atoms with E-state index >= 15 is 0 Å². The van der Waals surface area contributed by atoms with Crippen LogP contribution in [0.2, 0.25) is 10.0 Å². The largest absolute Gasteiger partial charge is 0.355 e. The Morgan fingerprint density at radius 2 is 1.90 bits per heavy atom. The molecule has 2 aromatic carbocycles.